The molecule has 5 nitrogen and oxygen atoms in total. The van der Waals surface area contributed by atoms with Gasteiger partial charge >= 0.3 is 0 Å². The van der Waals surface area contributed by atoms with Crippen molar-refractivity contribution >= 4 is 38.4 Å². The Morgan fingerprint density at radius 3 is 2.31 bits per heavy atom. The van der Waals surface area contributed by atoms with Crippen LogP contribution in [0.4, 0.5) is 5.69 Å². The molecule has 2 heterocycles. The number of benzene rings is 2. The number of carbonyl (C=O) groups excluding carboxylic acids is 1. The lowest BCUT2D eigenvalue weighted by atomic mass is 10.0. The Morgan fingerprint density at radius 2 is 1.69 bits per heavy atom. The quantitative estimate of drug-likeness (QED) is 0.742. The smallest absolute Gasteiger partial charge is 0.279 e. The Morgan fingerprint density at radius 1 is 1.03 bits per heavy atom. The van der Waals surface area contributed by atoms with Crippen molar-refractivity contribution in [1.29, 1.82) is 0 Å². The number of hydrogen-bond acceptors (Lipinski definition) is 4. The summed E-state index contributed by atoms with van der Waals surface area (Å²) < 4.78 is 24.7. The number of anilines is 1. The minimum atomic E-state index is -3.09. The third kappa shape index (κ3) is 3.85. The Labute approximate surface area is 176 Å². The van der Waals surface area contributed by atoms with E-state index in [0.717, 1.165) is 29.7 Å². The number of nitrogens with zero attached hydrogens (tertiary/aromatic N) is 2. The number of aryl methyl sites for hydroxylation is 2. The molecule has 4 rings (SSSR count). The summed E-state index contributed by atoms with van der Waals surface area (Å²) in [5, 5.41) is 0.510. The number of hydrogen-bond donors (Lipinski definition) is 0. The summed E-state index contributed by atoms with van der Waals surface area (Å²) in [5.74, 6) is -0.0645. The Bertz CT molecular complexity index is 1040. The van der Waals surface area contributed by atoms with Crippen molar-refractivity contribution in [3.05, 3.63) is 65.2 Å². The third-order valence-corrected chi connectivity index (χ3v) is 8.70. The number of thioether (sulfide) groups is 1. The molecule has 0 radical (unpaired) electrons. The molecule has 0 unspecified atom stereocenters. The van der Waals surface area contributed by atoms with Crippen molar-refractivity contribution in [2.24, 2.45) is 4.99 Å². The largest absolute Gasteiger partial charge is 0.315 e. The highest BCUT2D eigenvalue weighted by Gasteiger charge is 2.50. The lowest BCUT2D eigenvalue weighted by Gasteiger charge is -2.29. The van der Waals surface area contributed by atoms with E-state index in [1.807, 2.05) is 29.2 Å². The fraction of sp³-hybridized carbons (Fsp3) is 0.364. The van der Waals surface area contributed by atoms with Crippen molar-refractivity contribution in [3.63, 3.8) is 0 Å². The van der Waals surface area contributed by atoms with Crippen LogP contribution >= 0.6 is 11.8 Å². The summed E-state index contributed by atoms with van der Waals surface area (Å²) in [5.41, 5.74) is 3.85. The summed E-state index contributed by atoms with van der Waals surface area (Å²) in [6, 6.07) is 15.0. The standard InChI is InChI=1S/C22H24N2O3S2/c1-3-15-11-8-12-16(4-2)20(15)24-18-13-29(26,27)14-19(18)28-22(24)23-21(25)17-9-6-5-7-10-17/h5-12,18-19H,3-4,13-14H2,1-2H3/t18-,19-/m0/s1. The van der Waals surface area contributed by atoms with Crippen LogP contribution in [-0.4, -0.2) is 42.3 Å². The molecule has 2 aromatic rings. The highest BCUT2D eigenvalue weighted by Crippen LogP contribution is 2.43. The van der Waals surface area contributed by atoms with Crippen LogP contribution in [0.2, 0.25) is 0 Å². The molecule has 0 bridgehead atoms. The molecular formula is C22H24N2O3S2. The molecule has 152 valence electrons. The number of sulfone groups is 1. The van der Waals surface area contributed by atoms with Crippen LogP contribution in [0.25, 0.3) is 0 Å². The number of para-hydroxylation sites is 1. The van der Waals surface area contributed by atoms with E-state index in [1.165, 1.54) is 11.8 Å². The van der Waals surface area contributed by atoms with E-state index in [9.17, 15) is 13.2 Å². The van der Waals surface area contributed by atoms with Crippen LogP contribution < -0.4 is 4.90 Å². The van der Waals surface area contributed by atoms with Gasteiger partial charge in [-0.15, -0.1) is 0 Å². The van der Waals surface area contributed by atoms with Gasteiger partial charge in [-0.05, 0) is 36.1 Å². The molecule has 2 saturated heterocycles. The normalized spacial score (nSPS) is 24.1. The van der Waals surface area contributed by atoms with Crippen molar-refractivity contribution in [3.8, 4) is 0 Å². The van der Waals surface area contributed by atoms with Crippen LogP contribution in [-0.2, 0) is 22.7 Å². The average Bonchev–Trinajstić information content (AvgIpc) is 3.18. The SMILES string of the molecule is CCc1cccc(CC)c1N1C(=NC(=O)c2ccccc2)S[C@H]2CS(=O)(=O)C[C@@H]21. The summed E-state index contributed by atoms with van der Waals surface area (Å²) in [7, 11) is -3.09. The van der Waals surface area contributed by atoms with Gasteiger partial charge in [0.05, 0.1) is 17.5 Å². The molecule has 7 heteroatoms. The minimum absolute atomic E-state index is 0.100. The van der Waals surface area contributed by atoms with E-state index in [2.05, 4.69) is 31.0 Å². The second-order valence-corrected chi connectivity index (χ2v) is 10.7. The zero-order valence-corrected chi connectivity index (χ0v) is 18.2. The van der Waals surface area contributed by atoms with Crippen molar-refractivity contribution in [2.75, 3.05) is 16.4 Å². The van der Waals surface area contributed by atoms with Gasteiger partial charge in [-0.3, -0.25) is 4.79 Å². The van der Waals surface area contributed by atoms with E-state index in [4.69, 9.17) is 0 Å². The Kier molecular flexibility index (Phi) is 5.53. The molecule has 29 heavy (non-hydrogen) atoms. The summed E-state index contributed by atoms with van der Waals surface area (Å²) in [4.78, 5) is 19.3. The number of aliphatic imine (C=N–C) groups is 1. The Hall–Kier alpha value is -2.12. The summed E-state index contributed by atoms with van der Waals surface area (Å²) >= 11 is 1.42. The van der Waals surface area contributed by atoms with Crippen molar-refractivity contribution < 1.29 is 13.2 Å². The maximum Gasteiger partial charge on any atom is 0.279 e. The lowest BCUT2D eigenvalue weighted by molar-refractivity contribution is 0.100. The molecule has 2 aliphatic rings. The second-order valence-electron chi connectivity index (χ2n) is 7.37. The number of amides is 1. The third-order valence-electron chi connectivity index (χ3n) is 5.49. The number of fused-ring (bicyclic) bond motifs is 1. The lowest BCUT2D eigenvalue weighted by Crippen LogP contribution is -2.39. The van der Waals surface area contributed by atoms with Gasteiger partial charge in [0.15, 0.2) is 15.0 Å². The van der Waals surface area contributed by atoms with Crippen LogP contribution in [0.5, 0.6) is 0 Å². The zero-order valence-electron chi connectivity index (χ0n) is 16.5. The van der Waals surface area contributed by atoms with Crippen LogP contribution in [0.1, 0.15) is 35.3 Å². The molecular weight excluding hydrogens is 404 g/mol. The molecule has 2 fully saturated rings. The van der Waals surface area contributed by atoms with E-state index in [1.54, 1.807) is 12.1 Å². The molecule has 2 atom stereocenters. The average molecular weight is 429 g/mol. The van der Waals surface area contributed by atoms with E-state index in [0.29, 0.717) is 10.7 Å². The van der Waals surface area contributed by atoms with Crippen molar-refractivity contribution in [2.45, 2.75) is 38.0 Å². The highest BCUT2D eigenvalue weighted by atomic mass is 32.2. The first kappa shape index (κ1) is 20.2. The molecule has 2 aliphatic heterocycles. The van der Waals surface area contributed by atoms with Gasteiger partial charge in [0.25, 0.3) is 5.91 Å². The van der Waals surface area contributed by atoms with E-state index in [-0.39, 0.29) is 28.7 Å². The molecule has 0 aliphatic carbocycles. The fourth-order valence-electron chi connectivity index (χ4n) is 4.08. The number of amidine groups is 1. The van der Waals surface area contributed by atoms with Gasteiger partial charge < -0.3 is 4.90 Å². The van der Waals surface area contributed by atoms with Gasteiger partial charge in [0.1, 0.15) is 0 Å². The highest BCUT2D eigenvalue weighted by molar-refractivity contribution is 8.16. The molecule has 0 spiro atoms. The predicted molar refractivity (Wildman–Crippen MR) is 120 cm³/mol. The maximum absolute atomic E-state index is 12.8. The van der Waals surface area contributed by atoms with Gasteiger partial charge in [-0.1, -0.05) is 62.0 Å². The van der Waals surface area contributed by atoms with Gasteiger partial charge in [-0.2, -0.15) is 4.99 Å². The summed E-state index contributed by atoms with van der Waals surface area (Å²) in [6.07, 6.45) is 1.66. The van der Waals surface area contributed by atoms with Crippen LogP contribution in [0.3, 0.4) is 0 Å². The maximum atomic E-state index is 12.8. The molecule has 2 aromatic carbocycles. The molecule has 0 saturated carbocycles. The zero-order chi connectivity index (χ0) is 20.6. The van der Waals surface area contributed by atoms with Crippen LogP contribution in [0.15, 0.2) is 53.5 Å². The predicted octanol–water partition coefficient (Wildman–Crippen LogP) is 3.73. The first-order chi connectivity index (χ1) is 13.9. The minimum Gasteiger partial charge on any atom is -0.315 e. The number of rotatable bonds is 4. The Balaban J connectivity index is 1.83. The molecule has 0 N–H and O–H groups in total. The first-order valence-corrected chi connectivity index (χ1v) is 12.6. The van der Waals surface area contributed by atoms with E-state index >= 15 is 0 Å². The van der Waals surface area contributed by atoms with Crippen molar-refractivity contribution in [1.82, 2.24) is 0 Å². The van der Waals surface area contributed by atoms with Gasteiger partial charge in [0.2, 0.25) is 0 Å². The molecule has 1 amide bonds. The fourth-order valence-corrected chi connectivity index (χ4v) is 7.98. The topological polar surface area (TPSA) is 66.8 Å². The first-order valence-electron chi connectivity index (χ1n) is 9.88. The van der Waals surface area contributed by atoms with Crippen LogP contribution in [0, 0.1) is 0 Å². The molecule has 0 aromatic heterocycles. The van der Waals surface area contributed by atoms with E-state index < -0.39 is 9.84 Å². The van der Waals surface area contributed by atoms with Gasteiger partial charge in [-0.25, -0.2) is 8.42 Å². The monoisotopic (exact) mass is 428 g/mol. The van der Waals surface area contributed by atoms with Gasteiger partial charge in [0, 0.05) is 16.5 Å². The summed E-state index contributed by atoms with van der Waals surface area (Å²) in [6.45, 7) is 4.19. The number of carbonyl (C=O) groups is 1. The second kappa shape index (κ2) is 7.95.